The Balaban J connectivity index is 1.26. The van der Waals surface area contributed by atoms with E-state index < -0.39 is 75.4 Å². The van der Waals surface area contributed by atoms with Crippen molar-refractivity contribution < 1.29 is 46.3 Å². The van der Waals surface area contributed by atoms with Gasteiger partial charge in [-0.2, -0.15) is 0 Å². The van der Waals surface area contributed by atoms with Crippen LogP contribution in [0.15, 0.2) is 59.5 Å². The third-order valence-electron chi connectivity index (χ3n) is 10.4. The van der Waals surface area contributed by atoms with Crippen LogP contribution >= 0.6 is 11.6 Å². The smallest absolute Gasteiger partial charge is 0.410 e. The number of allylic oxidation sites excluding steroid dienone is 1. The van der Waals surface area contributed by atoms with Gasteiger partial charge in [-0.05, 0) is 67.0 Å². The highest BCUT2D eigenvalue weighted by molar-refractivity contribution is 7.90. The minimum absolute atomic E-state index is 0.0196. The predicted molar refractivity (Wildman–Crippen MR) is 202 cm³/mol. The van der Waals surface area contributed by atoms with Crippen molar-refractivity contribution in [1.82, 2.24) is 25.2 Å². The Kier molecular flexibility index (Phi) is 12.0. The van der Waals surface area contributed by atoms with E-state index in [2.05, 4.69) is 15.4 Å². The van der Waals surface area contributed by atoms with E-state index >= 15 is 0 Å². The molecule has 2 aromatic rings. The van der Waals surface area contributed by atoms with Crippen LogP contribution in [-0.4, -0.2) is 85.0 Å². The minimum atomic E-state index is -4.37. The molecule has 0 radical (unpaired) electrons. The molecule has 1 aliphatic carbocycles. The van der Waals surface area contributed by atoms with E-state index in [4.69, 9.17) is 21.1 Å². The molecule has 1 saturated carbocycles. The molecule has 0 aromatic heterocycles. The number of carbonyl (C=O) groups excluding carboxylic acids is 5. The molecule has 302 valence electrons. The summed E-state index contributed by atoms with van der Waals surface area (Å²) in [4.78, 5) is 71.3. The van der Waals surface area contributed by atoms with Crippen LogP contribution in [0.1, 0.15) is 76.8 Å². The Bertz CT molecular complexity index is 2010. The number of hydrogen-bond acceptors (Lipinski definition) is 9. The Morgan fingerprint density at radius 1 is 1.05 bits per heavy atom. The zero-order chi connectivity index (χ0) is 40.4. The lowest BCUT2D eigenvalue weighted by molar-refractivity contribution is -0.141. The summed E-state index contributed by atoms with van der Waals surface area (Å²) < 4.78 is 54.3. The SMILES string of the molecule is CC(C)(C)COC(=O)N[C@H]1CCCCC/C=C\[C@H]2C[C@@]2(C(=O)NS(=O)(=O)c2ccc(Cl)cc2)NC(=O)[C@@H]2C[C@@H](OC(=O)N3Cc4cccc(F)c4C3)CN2C1=O. The van der Waals surface area contributed by atoms with Gasteiger partial charge in [-0.25, -0.2) is 27.1 Å². The number of hydrogen-bond donors (Lipinski definition) is 3. The fourth-order valence-electron chi connectivity index (χ4n) is 7.24. The maximum Gasteiger partial charge on any atom is 0.410 e. The van der Waals surface area contributed by atoms with Crippen LogP contribution in [0.5, 0.6) is 0 Å². The third kappa shape index (κ3) is 9.45. The number of carbonyl (C=O) groups is 5. The number of halogens is 2. The monoisotopic (exact) mass is 815 g/mol. The topological polar surface area (TPSA) is 181 Å². The van der Waals surface area contributed by atoms with E-state index in [1.807, 2.05) is 26.8 Å². The molecule has 3 N–H and O–H groups in total. The molecule has 56 heavy (non-hydrogen) atoms. The molecule has 5 atom stereocenters. The van der Waals surface area contributed by atoms with Gasteiger partial charge in [0.15, 0.2) is 0 Å². The van der Waals surface area contributed by atoms with Gasteiger partial charge in [-0.3, -0.25) is 19.3 Å². The van der Waals surface area contributed by atoms with Crippen LogP contribution in [0, 0.1) is 17.2 Å². The normalized spacial score (nSPS) is 26.0. The number of nitrogens with one attached hydrogen (secondary N) is 3. The van der Waals surface area contributed by atoms with Crippen LogP contribution in [0.2, 0.25) is 5.02 Å². The van der Waals surface area contributed by atoms with E-state index in [1.165, 1.54) is 40.1 Å². The van der Waals surface area contributed by atoms with Gasteiger partial charge in [-0.15, -0.1) is 0 Å². The molecule has 3 aliphatic heterocycles. The zero-order valence-electron chi connectivity index (χ0n) is 31.5. The Labute approximate surface area is 330 Å². The molecule has 0 unspecified atom stereocenters. The molecule has 14 nitrogen and oxygen atoms in total. The Morgan fingerprint density at radius 3 is 2.52 bits per heavy atom. The average molecular weight is 816 g/mol. The fraction of sp³-hybridized carbons (Fsp3) is 0.513. The number of nitrogens with zero attached hydrogens (tertiary/aromatic N) is 2. The van der Waals surface area contributed by atoms with Gasteiger partial charge in [-0.1, -0.05) is 69.5 Å². The predicted octanol–water partition coefficient (Wildman–Crippen LogP) is 4.94. The summed E-state index contributed by atoms with van der Waals surface area (Å²) in [5.74, 6) is -3.35. The first-order valence-corrected chi connectivity index (χ1v) is 20.6. The lowest BCUT2D eigenvalue weighted by atomic mass is 9.99. The van der Waals surface area contributed by atoms with E-state index in [0.717, 1.165) is 6.42 Å². The standard InChI is InChI=1S/C39H47ClFN5O9S/c1-38(2,3)23-54-36(50)42-31-13-8-6-4-5-7-11-25-19-39(25,35(49)44-56(52,53)28-16-14-26(40)15-17-28)43-33(47)32-18-27(21-46(32)34(31)48)55-37(51)45-20-24-10-9-12-30(41)29(24)22-45/h7,9-12,14-17,25,27,31-32H,4-6,8,13,18-23H2,1-3H3,(H,42,50)(H,43,47)(H,44,49)/b11-7-/t25-,27+,31-,32-,39+/m0/s1. The van der Waals surface area contributed by atoms with Gasteiger partial charge >= 0.3 is 12.2 Å². The molecule has 1 saturated heterocycles. The molecule has 4 aliphatic rings. The fourth-order valence-corrected chi connectivity index (χ4v) is 8.41. The second kappa shape index (κ2) is 16.4. The van der Waals surface area contributed by atoms with Crippen molar-refractivity contribution >= 4 is 51.5 Å². The van der Waals surface area contributed by atoms with E-state index in [-0.39, 0.29) is 55.8 Å². The number of benzene rings is 2. The summed E-state index contributed by atoms with van der Waals surface area (Å²) >= 11 is 5.93. The van der Waals surface area contributed by atoms with Crippen molar-refractivity contribution in [3.05, 3.63) is 76.6 Å². The van der Waals surface area contributed by atoms with Gasteiger partial charge in [0.2, 0.25) is 11.8 Å². The Morgan fingerprint density at radius 2 is 1.80 bits per heavy atom. The van der Waals surface area contributed by atoms with Crippen LogP contribution < -0.4 is 15.4 Å². The van der Waals surface area contributed by atoms with E-state index in [0.29, 0.717) is 35.4 Å². The van der Waals surface area contributed by atoms with Gasteiger partial charge < -0.3 is 25.0 Å². The van der Waals surface area contributed by atoms with Gasteiger partial charge in [0.1, 0.15) is 29.5 Å². The molecular weight excluding hydrogens is 769 g/mol. The zero-order valence-corrected chi connectivity index (χ0v) is 33.1. The van der Waals surface area contributed by atoms with E-state index in [9.17, 15) is 36.8 Å². The summed E-state index contributed by atoms with van der Waals surface area (Å²) in [6.07, 6.45) is 3.86. The molecule has 0 bridgehead atoms. The molecule has 0 spiro atoms. The summed E-state index contributed by atoms with van der Waals surface area (Å²) in [5.41, 5.74) is -1.00. The second-order valence-corrected chi connectivity index (χ2v) is 18.2. The van der Waals surface area contributed by atoms with Crippen molar-refractivity contribution in [3.63, 3.8) is 0 Å². The van der Waals surface area contributed by atoms with Crippen molar-refractivity contribution in [2.24, 2.45) is 11.3 Å². The molecule has 5 amide bonds. The van der Waals surface area contributed by atoms with Crippen molar-refractivity contribution in [2.45, 2.75) is 107 Å². The van der Waals surface area contributed by atoms with Crippen LogP contribution in [0.25, 0.3) is 0 Å². The average Bonchev–Trinajstić information content (AvgIpc) is 3.42. The van der Waals surface area contributed by atoms with Gasteiger partial charge in [0.25, 0.3) is 15.9 Å². The highest BCUT2D eigenvalue weighted by atomic mass is 35.5. The number of fused-ring (bicyclic) bond motifs is 3. The van der Waals surface area contributed by atoms with Crippen LogP contribution in [0.3, 0.4) is 0 Å². The number of alkyl carbamates (subject to hydrolysis) is 1. The summed E-state index contributed by atoms with van der Waals surface area (Å²) in [5, 5.41) is 5.74. The lowest BCUT2D eigenvalue weighted by Crippen LogP contribution is -2.58. The number of sulfonamides is 1. The van der Waals surface area contributed by atoms with Gasteiger partial charge in [0.05, 0.1) is 24.6 Å². The first-order valence-electron chi connectivity index (χ1n) is 18.7. The highest BCUT2D eigenvalue weighted by Crippen LogP contribution is 2.46. The van der Waals surface area contributed by atoms with E-state index in [1.54, 1.807) is 18.2 Å². The summed E-state index contributed by atoms with van der Waals surface area (Å²) in [6.45, 7) is 5.62. The van der Waals surface area contributed by atoms with Crippen LogP contribution in [0.4, 0.5) is 14.0 Å². The summed E-state index contributed by atoms with van der Waals surface area (Å²) in [6, 6.07) is 7.44. The number of rotatable bonds is 6. The molecular formula is C39H47ClFN5O9S. The highest BCUT2D eigenvalue weighted by Gasteiger charge is 2.61. The first-order chi connectivity index (χ1) is 26.5. The summed E-state index contributed by atoms with van der Waals surface area (Å²) in [7, 11) is -4.37. The number of amides is 5. The van der Waals surface area contributed by atoms with Crippen molar-refractivity contribution in [3.8, 4) is 0 Å². The molecule has 2 aromatic carbocycles. The second-order valence-electron chi connectivity index (χ2n) is 16.0. The number of ether oxygens (including phenoxy) is 2. The molecule has 3 heterocycles. The first kappa shape index (κ1) is 40.9. The quantitative estimate of drug-likeness (QED) is 0.341. The van der Waals surface area contributed by atoms with Crippen molar-refractivity contribution in [1.29, 1.82) is 0 Å². The Hall–Kier alpha value is -4.70. The maximum atomic E-state index is 14.5. The maximum absolute atomic E-state index is 14.5. The third-order valence-corrected chi connectivity index (χ3v) is 12.0. The molecule has 2 fully saturated rings. The molecule has 6 rings (SSSR count). The van der Waals surface area contributed by atoms with Gasteiger partial charge in [0, 0.05) is 29.5 Å². The largest absolute Gasteiger partial charge is 0.449 e. The lowest BCUT2D eigenvalue weighted by Gasteiger charge is -2.30. The van der Waals surface area contributed by atoms with Crippen molar-refractivity contribution in [2.75, 3.05) is 13.2 Å². The molecule has 17 heteroatoms. The van der Waals surface area contributed by atoms with Crippen LogP contribution in [-0.2, 0) is 47.0 Å². The minimum Gasteiger partial charge on any atom is -0.449 e.